The number of carbonyl (C=O) groups excluding carboxylic acids is 1. The number of nitrogens with zero attached hydrogens (tertiary/aromatic N) is 3. The summed E-state index contributed by atoms with van der Waals surface area (Å²) >= 11 is 5.67. The number of carbonyl (C=O) groups is 1. The van der Waals surface area contributed by atoms with Crippen molar-refractivity contribution < 1.29 is 13.9 Å². The molecule has 0 atom stereocenters. The molecule has 24 heavy (non-hydrogen) atoms. The Hall–Kier alpha value is -2.41. The molecule has 1 amide bonds. The quantitative estimate of drug-likeness (QED) is 0.830. The van der Waals surface area contributed by atoms with Crippen LogP contribution in [0.1, 0.15) is 20.8 Å². The van der Waals surface area contributed by atoms with Crippen LogP contribution < -0.4 is 10.2 Å². The van der Waals surface area contributed by atoms with Gasteiger partial charge in [-0.3, -0.25) is 4.90 Å². The molecule has 0 fully saturated rings. The van der Waals surface area contributed by atoms with E-state index in [-0.39, 0.29) is 11.1 Å². The van der Waals surface area contributed by atoms with Gasteiger partial charge in [-0.15, -0.1) is 0 Å². The third kappa shape index (κ3) is 4.79. The van der Waals surface area contributed by atoms with Crippen LogP contribution in [0.5, 0.6) is 0 Å². The lowest BCUT2D eigenvalue weighted by molar-refractivity contribution is 0.0589. The lowest BCUT2D eigenvalue weighted by atomic mass is 10.2. The van der Waals surface area contributed by atoms with Gasteiger partial charge >= 0.3 is 6.09 Å². The van der Waals surface area contributed by atoms with E-state index >= 15 is 0 Å². The molecular weight excluding hydrogens is 335 g/mol. The van der Waals surface area contributed by atoms with Crippen LogP contribution in [0.4, 0.5) is 26.4 Å². The van der Waals surface area contributed by atoms with Crippen molar-refractivity contribution in [3.05, 3.63) is 41.6 Å². The van der Waals surface area contributed by atoms with Crippen LogP contribution in [0.3, 0.4) is 0 Å². The molecule has 0 unspecified atom stereocenters. The number of halogens is 2. The third-order valence-electron chi connectivity index (χ3n) is 2.88. The summed E-state index contributed by atoms with van der Waals surface area (Å²) in [5.74, 6) is -0.683. The molecule has 6 nitrogen and oxygen atoms in total. The van der Waals surface area contributed by atoms with Crippen LogP contribution in [-0.2, 0) is 4.74 Å². The Kier molecular flexibility index (Phi) is 5.23. The second-order valence-corrected chi connectivity index (χ2v) is 6.39. The first-order valence-electron chi connectivity index (χ1n) is 7.17. The first kappa shape index (κ1) is 17.9. The van der Waals surface area contributed by atoms with E-state index in [1.165, 1.54) is 4.90 Å². The fourth-order valence-corrected chi connectivity index (χ4v) is 1.93. The molecule has 0 aliphatic carbocycles. The minimum atomic E-state index is -0.634. The summed E-state index contributed by atoms with van der Waals surface area (Å²) in [5.41, 5.74) is 0.522. The predicted molar refractivity (Wildman–Crippen MR) is 91.4 cm³/mol. The van der Waals surface area contributed by atoms with Gasteiger partial charge in [0.1, 0.15) is 5.60 Å². The van der Waals surface area contributed by atoms with Gasteiger partial charge in [0.15, 0.2) is 11.6 Å². The molecule has 0 bridgehead atoms. The first-order chi connectivity index (χ1) is 11.2. The van der Waals surface area contributed by atoms with E-state index in [2.05, 4.69) is 15.3 Å². The molecule has 0 saturated heterocycles. The fourth-order valence-electron chi connectivity index (χ4n) is 1.80. The van der Waals surface area contributed by atoms with Crippen LogP contribution in [0.15, 0.2) is 30.5 Å². The summed E-state index contributed by atoms with van der Waals surface area (Å²) in [5, 5.41) is 2.74. The summed E-state index contributed by atoms with van der Waals surface area (Å²) in [6, 6.07) is 6.83. The number of rotatable bonds is 3. The average molecular weight is 353 g/mol. The Morgan fingerprint density at radius 2 is 2.08 bits per heavy atom. The zero-order valence-corrected chi connectivity index (χ0v) is 14.6. The highest BCUT2D eigenvalue weighted by atomic mass is 35.5. The predicted octanol–water partition coefficient (Wildman–Crippen LogP) is 4.38. The van der Waals surface area contributed by atoms with E-state index in [0.29, 0.717) is 11.4 Å². The van der Waals surface area contributed by atoms with Crippen LogP contribution in [0, 0.1) is 5.82 Å². The standard InChI is InChI=1S/C16H18ClFN4O2/c1-16(2,3)24-15(23)22(4)11-7-5-6-10(8-11)20-13-12(18)9-19-14(17)21-13/h5-9H,1-4H3,(H,19,20,21). The molecule has 2 rings (SSSR count). The van der Waals surface area contributed by atoms with Gasteiger partial charge in [-0.2, -0.15) is 4.98 Å². The van der Waals surface area contributed by atoms with Crippen molar-refractivity contribution in [2.45, 2.75) is 26.4 Å². The highest BCUT2D eigenvalue weighted by Crippen LogP contribution is 2.24. The van der Waals surface area contributed by atoms with Crippen molar-refractivity contribution in [3.63, 3.8) is 0 Å². The van der Waals surface area contributed by atoms with Crippen LogP contribution in [0.25, 0.3) is 0 Å². The maximum absolute atomic E-state index is 13.7. The minimum absolute atomic E-state index is 0.0490. The molecule has 1 N–H and O–H groups in total. The van der Waals surface area contributed by atoms with Gasteiger partial charge in [-0.25, -0.2) is 14.2 Å². The monoisotopic (exact) mass is 352 g/mol. The molecular formula is C16H18ClFN4O2. The Labute approximate surface area is 144 Å². The van der Waals surface area contributed by atoms with Crippen molar-refractivity contribution in [2.75, 3.05) is 17.3 Å². The first-order valence-corrected chi connectivity index (χ1v) is 7.55. The number of hydrogen-bond acceptors (Lipinski definition) is 5. The normalized spacial score (nSPS) is 11.1. The molecule has 1 aromatic carbocycles. The van der Waals surface area contributed by atoms with E-state index in [1.807, 2.05) is 0 Å². The van der Waals surface area contributed by atoms with Crippen LogP contribution in [-0.4, -0.2) is 28.7 Å². The molecule has 2 aromatic rings. The van der Waals surface area contributed by atoms with E-state index in [4.69, 9.17) is 16.3 Å². The Bertz CT molecular complexity index is 749. The lowest BCUT2D eigenvalue weighted by Gasteiger charge is -2.25. The summed E-state index contributed by atoms with van der Waals surface area (Å²) in [7, 11) is 1.59. The van der Waals surface area contributed by atoms with Crippen molar-refractivity contribution in [2.24, 2.45) is 0 Å². The van der Waals surface area contributed by atoms with Gasteiger partial charge in [0.25, 0.3) is 0 Å². The van der Waals surface area contributed by atoms with Crippen molar-refractivity contribution in [1.29, 1.82) is 0 Å². The van der Waals surface area contributed by atoms with Gasteiger partial charge in [0, 0.05) is 18.4 Å². The van der Waals surface area contributed by atoms with Crippen LogP contribution in [0.2, 0.25) is 5.28 Å². The number of amides is 1. The third-order valence-corrected chi connectivity index (χ3v) is 3.06. The fraction of sp³-hybridized carbons (Fsp3) is 0.312. The summed E-state index contributed by atoms with van der Waals surface area (Å²) < 4.78 is 19.0. The number of benzene rings is 1. The maximum Gasteiger partial charge on any atom is 0.414 e. The number of ether oxygens (including phenoxy) is 1. The molecule has 0 spiro atoms. The van der Waals surface area contributed by atoms with E-state index in [0.717, 1.165) is 6.20 Å². The van der Waals surface area contributed by atoms with Gasteiger partial charge in [-0.05, 0) is 50.6 Å². The molecule has 0 aliphatic rings. The van der Waals surface area contributed by atoms with Gasteiger partial charge in [-0.1, -0.05) is 6.07 Å². The Morgan fingerprint density at radius 3 is 2.75 bits per heavy atom. The molecule has 1 aromatic heterocycles. The number of hydrogen-bond donors (Lipinski definition) is 1. The molecule has 0 radical (unpaired) electrons. The number of nitrogens with one attached hydrogen (secondary N) is 1. The Balaban J connectivity index is 2.19. The van der Waals surface area contributed by atoms with Crippen molar-refractivity contribution >= 4 is 34.9 Å². The SMILES string of the molecule is CN(C(=O)OC(C)(C)C)c1cccc(Nc2nc(Cl)ncc2F)c1. The van der Waals surface area contributed by atoms with Crippen molar-refractivity contribution in [1.82, 2.24) is 9.97 Å². The highest BCUT2D eigenvalue weighted by Gasteiger charge is 2.20. The zero-order chi connectivity index (χ0) is 17.9. The molecule has 1 heterocycles. The summed E-state index contributed by atoms with van der Waals surface area (Å²) in [6.07, 6.45) is 0.491. The molecule has 8 heteroatoms. The minimum Gasteiger partial charge on any atom is -0.443 e. The van der Waals surface area contributed by atoms with Crippen molar-refractivity contribution in [3.8, 4) is 0 Å². The largest absolute Gasteiger partial charge is 0.443 e. The van der Waals surface area contributed by atoms with Gasteiger partial charge < -0.3 is 10.1 Å². The van der Waals surface area contributed by atoms with Gasteiger partial charge in [0.05, 0.1) is 6.20 Å². The Morgan fingerprint density at radius 1 is 1.38 bits per heavy atom. The molecule has 128 valence electrons. The smallest absolute Gasteiger partial charge is 0.414 e. The van der Waals surface area contributed by atoms with Crippen LogP contribution >= 0.6 is 11.6 Å². The second-order valence-electron chi connectivity index (χ2n) is 6.05. The zero-order valence-electron chi connectivity index (χ0n) is 13.8. The second kappa shape index (κ2) is 7.00. The molecule has 0 saturated carbocycles. The lowest BCUT2D eigenvalue weighted by Crippen LogP contribution is -2.34. The topological polar surface area (TPSA) is 67.3 Å². The summed E-state index contributed by atoms with van der Waals surface area (Å²) in [4.78, 5) is 20.8. The maximum atomic E-state index is 13.7. The molecule has 0 aliphatic heterocycles. The highest BCUT2D eigenvalue weighted by molar-refractivity contribution is 6.28. The number of anilines is 3. The van der Waals surface area contributed by atoms with Gasteiger partial charge in [0.2, 0.25) is 5.28 Å². The average Bonchev–Trinajstić information content (AvgIpc) is 2.49. The van der Waals surface area contributed by atoms with E-state index < -0.39 is 17.5 Å². The van der Waals surface area contributed by atoms with E-state index in [9.17, 15) is 9.18 Å². The number of aromatic nitrogens is 2. The summed E-state index contributed by atoms with van der Waals surface area (Å²) in [6.45, 7) is 5.37. The van der Waals surface area contributed by atoms with E-state index in [1.54, 1.807) is 52.1 Å².